The third-order valence-electron chi connectivity index (χ3n) is 4.72. The number of hydrogen-bond donors (Lipinski definition) is 2. The zero-order valence-electron chi connectivity index (χ0n) is 14.0. The molecule has 0 bridgehead atoms. The van der Waals surface area contributed by atoms with E-state index in [0.717, 1.165) is 0 Å². The predicted octanol–water partition coefficient (Wildman–Crippen LogP) is 1.23. The van der Waals surface area contributed by atoms with Gasteiger partial charge in [-0.25, -0.2) is 4.79 Å². The van der Waals surface area contributed by atoms with Crippen molar-refractivity contribution in [1.82, 2.24) is 9.80 Å². The number of carbonyl (C=O) groups is 3. The number of urea groups is 1. The van der Waals surface area contributed by atoms with Crippen molar-refractivity contribution < 1.29 is 24.2 Å². The topological polar surface area (TPSA) is 99.2 Å². The van der Waals surface area contributed by atoms with Crippen molar-refractivity contribution in [2.24, 2.45) is 5.92 Å². The fourth-order valence-corrected chi connectivity index (χ4v) is 3.33. The summed E-state index contributed by atoms with van der Waals surface area (Å²) in [5.41, 5.74) is 0.635. The number of carboxylic acid groups (broad SMARTS) is 1. The molecule has 8 heteroatoms. The molecule has 2 aliphatic heterocycles. The summed E-state index contributed by atoms with van der Waals surface area (Å²) in [5.74, 6) is -1.08. The van der Waals surface area contributed by atoms with Crippen molar-refractivity contribution in [2.45, 2.75) is 18.9 Å². The summed E-state index contributed by atoms with van der Waals surface area (Å²) in [6, 6.07) is 6.72. The highest BCUT2D eigenvalue weighted by atomic mass is 16.5. The van der Waals surface area contributed by atoms with Crippen molar-refractivity contribution in [2.75, 3.05) is 32.1 Å². The first kappa shape index (κ1) is 17.1. The first-order chi connectivity index (χ1) is 12.0. The zero-order chi connectivity index (χ0) is 18.0. The van der Waals surface area contributed by atoms with Crippen LogP contribution in [0.5, 0.6) is 5.75 Å². The number of benzene rings is 1. The van der Waals surface area contributed by atoms with Crippen LogP contribution in [-0.2, 0) is 9.59 Å². The molecule has 1 aromatic rings. The van der Waals surface area contributed by atoms with Gasteiger partial charge in [-0.05, 0) is 18.6 Å². The summed E-state index contributed by atoms with van der Waals surface area (Å²) in [5, 5.41) is 11.9. The average molecular weight is 347 g/mol. The minimum atomic E-state index is -0.943. The van der Waals surface area contributed by atoms with Gasteiger partial charge in [-0.1, -0.05) is 6.07 Å². The number of ether oxygens (including phenoxy) is 1. The highest BCUT2D eigenvalue weighted by Crippen LogP contribution is 2.26. The number of methoxy groups -OCH3 is 1. The van der Waals surface area contributed by atoms with Crippen molar-refractivity contribution in [1.29, 1.82) is 0 Å². The second kappa shape index (κ2) is 7.00. The van der Waals surface area contributed by atoms with Gasteiger partial charge in [0.15, 0.2) is 0 Å². The summed E-state index contributed by atoms with van der Waals surface area (Å²) < 4.78 is 5.13. The number of nitrogens with one attached hydrogen (secondary N) is 1. The van der Waals surface area contributed by atoms with E-state index in [0.29, 0.717) is 30.9 Å². The Kier molecular flexibility index (Phi) is 4.78. The minimum absolute atomic E-state index is 0.0435. The Balaban J connectivity index is 1.58. The number of carboxylic acids is 1. The zero-order valence-corrected chi connectivity index (χ0v) is 14.0. The number of anilines is 1. The fourth-order valence-electron chi connectivity index (χ4n) is 3.33. The van der Waals surface area contributed by atoms with Crippen LogP contribution in [0, 0.1) is 5.92 Å². The summed E-state index contributed by atoms with van der Waals surface area (Å²) >= 11 is 0. The lowest BCUT2D eigenvalue weighted by Crippen LogP contribution is -2.41. The van der Waals surface area contributed by atoms with Gasteiger partial charge < -0.3 is 25.0 Å². The molecule has 3 rings (SSSR count). The van der Waals surface area contributed by atoms with Gasteiger partial charge in [-0.3, -0.25) is 9.59 Å². The van der Waals surface area contributed by atoms with E-state index in [1.807, 2.05) is 0 Å². The van der Waals surface area contributed by atoms with Crippen LogP contribution in [-0.4, -0.2) is 65.6 Å². The molecule has 2 saturated heterocycles. The number of nitrogens with zero attached hydrogens (tertiary/aromatic N) is 2. The van der Waals surface area contributed by atoms with Crippen LogP contribution < -0.4 is 10.1 Å². The molecule has 0 aromatic heterocycles. The average Bonchev–Trinajstić information content (AvgIpc) is 3.21. The Morgan fingerprint density at radius 2 is 2.12 bits per heavy atom. The minimum Gasteiger partial charge on any atom is -0.497 e. The first-order valence-corrected chi connectivity index (χ1v) is 8.20. The number of amides is 3. The van der Waals surface area contributed by atoms with Gasteiger partial charge in [-0.15, -0.1) is 0 Å². The Hall–Kier alpha value is -2.77. The monoisotopic (exact) mass is 347 g/mol. The molecule has 2 atom stereocenters. The van der Waals surface area contributed by atoms with Gasteiger partial charge in [-0.2, -0.15) is 0 Å². The predicted molar refractivity (Wildman–Crippen MR) is 89.4 cm³/mol. The van der Waals surface area contributed by atoms with E-state index in [2.05, 4.69) is 5.32 Å². The molecule has 134 valence electrons. The van der Waals surface area contributed by atoms with Gasteiger partial charge >= 0.3 is 12.0 Å². The summed E-state index contributed by atoms with van der Waals surface area (Å²) in [4.78, 5) is 38.8. The van der Waals surface area contributed by atoms with E-state index >= 15 is 0 Å². The van der Waals surface area contributed by atoms with Gasteiger partial charge in [0.25, 0.3) is 0 Å². The van der Waals surface area contributed by atoms with Crippen LogP contribution >= 0.6 is 0 Å². The molecular formula is C17H21N3O5. The lowest BCUT2D eigenvalue weighted by molar-refractivity contribution is -0.141. The standard InChI is InChI=1S/C17H21N3O5/c1-25-14-4-2-3-12(8-14)18-17(24)19-6-5-13(10-19)20-9-11(16(22)23)7-15(20)21/h2-4,8,11,13H,5-7,9-10H2,1H3,(H,18,24)(H,22,23). The van der Waals surface area contributed by atoms with Crippen LogP contribution in [0.2, 0.25) is 0 Å². The van der Waals surface area contributed by atoms with Gasteiger partial charge in [0.2, 0.25) is 5.91 Å². The molecule has 8 nitrogen and oxygen atoms in total. The van der Waals surface area contributed by atoms with Crippen LogP contribution in [0.25, 0.3) is 0 Å². The number of carbonyl (C=O) groups excluding carboxylic acids is 2. The molecule has 0 radical (unpaired) electrons. The van der Waals surface area contributed by atoms with E-state index in [9.17, 15) is 14.4 Å². The number of rotatable bonds is 4. The highest BCUT2D eigenvalue weighted by molar-refractivity contribution is 5.90. The number of likely N-dealkylation sites (tertiary alicyclic amines) is 2. The number of aliphatic carboxylic acids is 1. The quantitative estimate of drug-likeness (QED) is 0.854. The van der Waals surface area contributed by atoms with Gasteiger partial charge in [0, 0.05) is 37.8 Å². The third kappa shape index (κ3) is 3.67. The van der Waals surface area contributed by atoms with E-state index < -0.39 is 11.9 Å². The Morgan fingerprint density at radius 1 is 1.32 bits per heavy atom. The van der Waals surface area contributed by atoms with E-state index in [1.165, 1.54) is 0 Å². The maximum Gasteiger partial charge on any atom is 0.321 e. The van der Waals surface area contributed by atoms with Crippen LogP contribution in [0.4, 0.5) is 10.5 Å². The van der Waals surface area contributed by atoms with Crippen LogP contribution in [0.15, 0.2) is 24.3 Å². The maximum atomic E-state index is 12.4. The summed E-state index contributed by atoms with van der Waals surface area (Å²) in [7, 11) is 1.56. The molecule has 2 fully saturated rings. The Bertz CT molecular complexity index is 693. The van der Waals surface area contributed by atoms with Crippen LogP contribution in [0.1, 0.15) is 12.8 Å². The molecule has 2 unspecified atom stereocenters. The lowest BCUT2D eigenvalue weighted by Gasteiger charge is -2.24. The van der Waals surface area contributed by atoms with Gasteiger partial charge in [0.1, 0.15) is 5.75 Å². The van der Waals surface area contributed by atoms with Gasteiger partial charge in [0.05, 0.1) is 19.1 Å². The number of hydrogen-bond acceptors (Lipinski definition) is 4. The molecule has 1 aromatic carbocycles. The molecule has 25 heavy (non-hydrogen) atoms. The second-order valence-corrected chi connectivity index (χ2v) is 6.34. The molecular weight excluding hydrogens is 326 g/mol. The van der Waals surface area contributed by atoms with Crippen molar-refractivity contribution in [3.05, 3.63) is 24.3 Å². The largest absolute Gasteiger partial charge is 0.497 e. The molecule has 0 saturated carbocycles. The van der Waals surface area contributed by atoms with E-state index in [-0.39, 0.29) is 30.9 Å². The molecule has 2 N–H and O–H groups in total. The first-order valence-electron chi connectivity index (χ1n) is 8.20. The molecule has 0 aliphatic carbocycles. The highest BCUT2D eigenvalue weighted by Gasteiger charge is 2.40. The molecule has 0 spiro atoms. The molecule has 3 amide bonds. The van der Waals surface area contributed by atoms with Crippen molar-refractivity contribution in [3.63, 3.8) is 0 Å². The normalized spacial score (nSPS) is 23.0. The fraction of sp³-hybridized carbons (Fsp3) is 0.471. The van der Waals surface area contributed by atoms with E-state index in [1.54, 1.807) is 41.2 Å². The Labute approximate surface area is 145 Å². The second-order valence-electron chi connectivity index (χ2n) is 6.34. The summed E-state index contributed by atoms with van der Waals surface area (Å²) in [6.07, 6.45) is 0.700. The SMILES string of the molecule is COc1cccc(NC(=O)N2CCC(N3CC(C(=O)O)CC3=O)C2)c1. The summed E-state index contributed by atoms with van der Waals surface area (Å²) in [6.45, 7) is 1.17. The van der Waals surface area contributed by atoms with Crippen LogP contribution in [0.3, 0.4) is 0 Å². The third-order valence-corrected chi connectivity index (χ3v) is 4.72. The maximum absolute atomic E-state index is 12.4. The lowest BCUT2D eigenvalue weighted by atomic mass is 10.1. The van der Waals surface area contributed by atoms with Crippen molar-refractivity contribution >= 4 is 23.6 Å². The van der Waals surface area contributed by atoms with E-state index in [4.69, 9.17) is 9.84 Å². The Morgan fingerprint density at radius 3 is 2.80 bits per heavy atom. The van der Waals surface area contributed by atoms with Crippen molar-refractivity contribution in [3.8, 4) is 5.75 Å². The molecule has 2 heterocycles. The smallest absolute Gasteiger partial charge is 0.321 e. The molecule has 2 aliphatic rings.